The topological polar surface area (TPSA) is 57.4 Å². The zero-order chi connectivity index (χ0) is 16.2. The van der Waals surface area contributed by atoms with Crippen LogP contribution in [0.15, 0.2) is 18.2 Å². The first-order valence-electron chi connectivity index (χ1n) is 8.08. The van der Waals surface area contributed by atoms with Gasteiger partial charge in [-0.1, -0.05) is 11.6 Å². The fourth-order valence-electron chi connectivity index (χ4n) is 2.99. The van der Waals surface area contributed by atoms with E-state index in [2.05, 4.69) is 10.3 Å². The number of carbonyl (C=O) groups is 1. The molecule has 6 heteroatoms. The summed E-state index contributed by atoms with van der Waals surface area (Å²) in [6.45, 7) is 5.35. The van der Waals surface area contributed by atoms with Crippen LogP contribution in [0.3, 0.4) is 0 Å². The largest absolute Gasteiger partial charge is 0.382 e. The Bertz CT molecular complexity index is 698. The van der Waals surface area contributed by atoms with Crippen LogP contribution in [0.25, 0.3) is 10.9 Å². The predicted molar refractivity (Wildman–Crippen MR) is 91.9 cm³/mol. The Morgan fingerprint density at radius 2 is 2.35 bits per heavy atom. The van der Waals surface area contributed by atoms with Crippen molar-refractivity contribution in [2.45, 2.75) is 26.3 Å². The number of benzene rings is 1. The molecule has 0 spiro atoms. The van der Waals surface area contributed by atoms with Crippen LogP contribution in [0.4, 0.5) is 4.79 Å². The van der Waals surface area contributed by atoms with Gasteiger partial charge in [0.1, 0.15) is 0 Å². The maximum atomic E-state index is 12.3. The summed E-state index contributed by atoms with van der Waals surface area (Å²) < 4.78 is 5.27. The molecule has 0 atom stereocenters. The molecule has 1 aliphatic rings. The zero-order valence-corrected chi connectivity index (χ0v) is 14.1. The summed E-state index contributed by atoms with van der Waals surface area (Å²) in [6, 6.07) is 5.84. The van der Waals surface area contributed by atoms with Crippen molar-refractivity contribution in [3.8, 4) is 0 Å². The molecule has 1 aliphatic heterocycles. The van der Waals surface area contributed by atoms with Crippen LogP contribution in [0.5, 0.6) is 0 Å². The average Bonchev–Trinajstić information content (AvgIpc) is 2.91. The molecule has 0 fully saturated rings. The highest BCUT2D eigenvalue weighted by atomic mass is 35.5. The first-order chi connectivity index (χ1) is 11.2. The van der Waals surface area contributed by atoms with Gasteiger partial charge in [-0.05, 0) is 31.5 Å². The average molecular weight is 336 g/mol. The Labute approximate surface area is 140 Å². The summed E-state index contributed by atoms with van der Waals surface area (Å²) >= 11 is 6.11. The molecule has 1 aromatic carbocycles. The number of rotatable bonds is 5. The summed E-state index contributed by atoms with van der Waals surface area (Å²) in [4.78, 5) is 17.6. The van der Waals surface area contributed by atoms with E-state index in [1.807, 2.05) is 30.0 Å². The van der Waals surface area contributed by atoms with Crippen molar-refractivity contribution < 1.29 is 9.53 Å². The van der Waals surface area contributed by atoms with E-state index in [9.17, 15) is 4.79 Å². The maximum absolute atomic E-state index is 12.3. The minimum absolute atomic E-state index is 0.0106. The van der Waals surface area contributed by atoms with Crippen LogP contribution in [-0.4, -0.2) is 42.2 Å². The molecular formula is C17H22ClN3O2. The van der Waals surface area contributed by atoms with Crippen molar-refractivity contribution >= 4 is 28.5 Å². The number of halogens is 1. The van der Waals surface area contributed by atoms with Crippen molar-refractivity contribution in [3.05, 3.63) is 34.5 Å². The van der Waals surface area contributed by atoms with E-state index in [0.29, 0.717) is 26.3 Å². The number of hydrogen-bond donors (Lipinski definition) is 2. The van der Waals surface area contributed by atoms with E-state index in [1.165, 1.54) is 11.3 Å². The number of ether oxygens (including phenoxy) is 1. The smallest absolute Gasteiger partial charge is 0.317 e. The van der Waals surface area contributed by atoms with Gasteiger partial charge in [-0.25, -0.2) is 4.79 Å². The van der Waals surface area contributed by atoms with Crippen LogP contribution in [0, 0.1) is 0 Å². The number of amides is 2. The molecule has 0 bridgehead atoms. The van der Waals surface area contributed by atoms with Gasteiger partial charge in [0.15, 0.2) is 0 Å². The van der Waals surface area contributed by atoms with Crippen molar-refractivity contribution in [1.29, 1.82) is 0 Å². The molecule has 3 rings (SSSR count). The molecule has 2 N–H and O–H groups in total. The van der Waals surface area contributed by atoms with Crippen molar-refractivity contribution in [1.82, 2.24) is 15.2 Å². The molecule has 0 aliphatic carbocycles. The van der Waals surface area contributed by atoms with Gasteiger partial charge >= 0.3 is 6.03 Å². The normalized spacial score (nSPS) is 14.1. The predicted octanol–water partition coefficient (Wildman–Crippen LogP) is 3.32. The van der Waals surface area contributed by atoms with Crippen LogP contribution in [0.2, 0.25) is 5.02 Å². The highest BCUT2D eigenvalue weighted by Crippen LogP contribution is 2.29. The molecule has 1 aromatic heterocycles. The number of urea groups is 1. The third-order valence-electron chi connectivity index (χ3n) is 4.17. The number of nitrogens with zero attached hydrogens (tertiary/aromatic N) is 1. The van der Waals surface area contributed by atoms with E-state index >= 15 is 0 Å². The lowest BCUT2D eigenvalue weighted by molar-refractivity contribution is 0.143. The van der Waals surface area contributed by atoms with Crippen LogP contribution >= 0.6 is 11.6 Å². The summed E-state index contributed by atoms with van der Waals surface area (Å²) in [5.74, 6) is 0. The van der Waals surface area contributed by atoms with E-state index in [1.54, 1.807) is 0 Å². The Morgan fingerprint density at radius 3 is 3.17 bits per heavy atom. The Kier molecular flexibility index (Phi) is 5.08. The van der Waals surface area contributed by atoms with E-state index in [-0.39, 0.29) is 6.03 Å². The number of fused-ring (bicyclic) bond motifs is 3. The second kappa shape index (κ2) is 7.23. The summed E-state index contributed by atoms with van der Waals surface area (Å²) in [6.07, 6.45) is 1.68. The minimum Gasteiger partial charge on any atom is -0.382 e. The summed E-state index contributed by atoms with van der Waals surface area (Å²) in [7, 11) is 0. The van der Waals surface area contributed by atoms with Gasteiger partial charge in [-0.2, -0.15) is 0 Å². The second-order valence-electron chi connectivity index (χ2n) is 5.73. The zero-order valence-electron chi connectivity index (χ0n) is 13.3. The highest BCUT2D eigenvalue weighted by Gasteiger charge is 2.23. The number of carbonyl (C=O) groups excluding carboxylic acids is 1. The molecule has 2 aromatic rings. The second-order valence-corrected chi connectivity index (χ2v) is 6.16. The molecule has 0 radical (unpaired) electrons. The van der Waals surface area contributed by atoms with Crippen LogP contribution < -0.4 is 5.32 Å². The number of nitrogens with one attached hydrogen (secondary N) is 2. The van der Waals surface area contributed by atoms with E-state index in [4.69, 9.17) is 16.3 Å². The Hall–Kier alpha value is -1.72. The standard InChI is InChI=1S/C17H22ClN3O2/c1-2-23-9-3-7-19-17(22)21-8-6-16-14(11-21)13-10-12(18)4-5-15(13)20-16/h4-5,10,20H,2-3,6-9,11H2,1H3,(H,19,22). The van der Waals surface area contributed by atoms with Gasteiger partial charge in [0.2, 0.25) is 0 Å². The molecule has 2 heterocycles. The lowest BCUT2D eigenvalue weighted by Crippen LogP contribution is -2.43. The fourth-order valence-corrected chi connectivity index (χ4v) is 3.16. The number of aromatic nitrogens is 1. The number of hydrogen-bond acceptors (Lipinski definition) is 2. The SMILES string of the molecule is CCOCCCNC(=O)N1CCc2[nH]c3ccc(Cl)cc3c2C1. The molecule has 23 heavy (non-hydrogen) atoms. The van der Waals surface area contributed by atoms with Gasteiger partial charge in [0.25, 0.3) is 0 Å². The first kappa shape index (κ1) is 16.1. The fraction of sp³-hybridized carbons (Fsp3) is 0.471. The molecule has 2 amide bonds. The Balaban J connectivity index is 1.64. The van der Waals surface area contributed by atoms with Crippen LogP contribution in [0.1, 0.15) is 24.6 Å². The van der Waals surface area contributed by atoms with Crippen molar-refractivity contribution in [2.24, 2.45) is 0 Å². The third-order valence-corrected chi connectivity index (χ3v) is 4.41. The minimum atomic E-state index is -0.0106. The maximum Gasteiger partial charge on any atom is 0.317 e. The molecular weight excluding hydrogens is 314 g/mol. The lowest BCUT2D eigenvalue weighted by Gasteiger charge is -2.27. The first-order valence-corrected chi connectivity index (χ1v) is 8.46. The molecule has 0 saturated carbocycles. The molecule has 0 saturated heterocycles. The molecule has 5 nitrogen and oxygen atoms in total. The molecule has 0 unspecified atom stereocenters. The van der Waals surface area contributed by atoms with Crippen LogP contribution in [-0.2, 0) is 17.7 Å². The number of aromatic amines is 1. The van der Waals surface area contributed by atoms with Gasteiger partial charge in [0, 0.05) is 66.5 Å². The monoisotopic (exact) mass is 335 g/mol. The highest BCUT2D eigenvalue weighted by molar-refractivity contribution is 6.31. The molecule has 124 valence electrons. The quantitative estimate of drug-likeness (QED) is 0.823. The van der Waals surface area contributed by atoms with E-state index < -0.39 is 0 Å². The third kappa shape index (κ3) is 3.62. The summed E-state index contributed by atoms with van der Waals surface area (Å²) in [5.41, 5.74) is 3.47. The number of H-pyrrole nitrogens is 1. The van der Waals surface area contributed by atoms with Crippen molar-refractivity contribution in [2.75, 3.05) is 26.3 Å². The Morgan fingerprint density at radius 1 is 1.48 bits per heavy atom. The van der Waals surface area contributed by atoms with Gasteiger partial charge in [0.05, 0.1) is 0 Å². The summed E-state index contributed by atoms with van der Waals surface area (Å²) in [5, 5.41) is 4.80. The van der Waals surface area contributed by atoms with Gasteiger partial charge in [-0.15, -0.1) is 0 Å². The lowest BCUT2D eigenvalue weighted by atomic mass is 10.0. The van der Waals surface area contributed by atoms with Gasteiger partial charge in [-0.3, -0.25) is 0 Å². The van der Waals surface area contributed by atoms with Gasteiger partial charge < -0.3 is 19.9 Å². The van der Waals surface area contributed by atoms with E-state index in [0.717, 1.165) is 35.3 Å². The van der Waals surface area contributed by atoms with Crippen molar-refractivity contribution in [3.63, 3.8) is 0 Å².